The van der Waals surface area contributed by atoms with Gasteiger partial charge < -0.3 is 20.1 Å². The number of halogens is 1. The summed E-state index contributed by atoms with van der Waals surface area (Å²) in [5, 5.41) is 5.18. The molecule has 0 fully saturated rings. The predicted octanol–water partition coefficient (Wildman–Crippen LogP) is 0.892. The van der Waals surface area contributed by atoms with Crippen LogP contribution in [0.25, 0.3) is 0 Å². The van der Waals surface area contributed by atoms with E-state index in [0.29, 0.717) is 43.0 Å². The van der Waals surface area contributed by atoms with E-state index < -0.39 is 11.7 Å². The van der Waals surface area contributed by atoms with Gasteiger partial charge in [-0.1, -0.05) is 6.07 Å². The van der Waals surface area contributed by atoms with Gasteiger partial charge in [-0.05, 0) is 17.7 Å². The van der Waals surface area contributed by atoms with Crippen molar-refractivity contribution in [2.45, 2.75) is 25.3 Å². The molecule has 1 aromatic carbocycles. The van der Waals surface area contributed by atoms with Gasteiger partial charge in [-0.25, -0.2) is 9.37 Å². The van der Waals surface area contributed by atoms with Gasteiger partial charge in [0.05, 0.1) is 5.92 Å². The molecule has 0 saturated carbocycles. The monoisotopic (exact) mass is 385 g/mol. The maximum Gasteiger partial charge on any atom is 0.271 e. The predicted molar refractivity (Wildman–Crippen MR) is 98.3 cm³/mol. The summed E-state index contributed by atoms with van der Waals surface area (Å²) in [4.78, 5) is 43.0. The number of rotatable bonds is 2. The van der Waals surface area contributed by atoms with E-state index in [1.807, 2.05) is 4.57 Å². The van der Waals surface area contributed by atoms with Crippen LogP contribution < -0.4 is 10.6 Å². The number of fused-ring (bicyclic) bond motifs is 2. The molecule has 8 nitrogen and oxygen atoms in total. The summed E-state index contributed by atoms with van der Waals surface area (Å²) < 4.78 is 15.4. The largest absolute Gasteiger partial charge is 0.354 e. The number of anilines is 1. The molecule has 0 spiro atoms. The molecule has 0 bridgehead atoms. The summed E-state index contributed by atoms with van der Waals surface area (Å²) >= 11 is 0. The van der Waals surface area contributed by atoms with Gasteiger partial charge in [-0.2, -0.15) is 0 Å². The molecule has 1 atom stereocenters. The van der Waals surface area contributed by atoms with E-state index in [4.69, 9.17) is 0 Å². The molecule has 0 aliphatic carbocycles. The first-order chi connectivity index (χ1) is 13.5. The Morgan fingerprint density at radius 1 is 1.29 bits per heavy atom. The van der Waals surface area contributed by atoms with Crippen LogP contribution in [0.2, 0.25) is 0 Å². The summed E-state index contributed by atoms with van der Waals surface area (Å²) in [6, 6.07) is 4.10. The highest BCUT2D eigenvalue weighted by Crippen LogP contribution is 2.34. The van der Waals surface area contributed by atoms with Crippen LogP contribution in [0.5, 0.6) is 0 Å². The van der Waals surface area contributed by atoms with Crippen LogP contribution in [0, 0.1) is 5.82 Å². The highest BCUT2D eigenvalue weighted by molar-refractivity contribution is 6.01. The van der Waals surface area contributed by atoms with Gasteiger partial charge >= 0.3 is 0 Å². The van der Waals surface area contributed by atoms with Gasteiger partial charge in [0.2, 0.25) is 11.8 Å². The Kier molecular flexibility index (Phi) is 4.58. The summed E-state index contributed by atoms with van der Waals surface area (Å²) in [6.45, 7) is 1.40. The third kappa shape index (κ3) is 3.23. The quantitative estimate of drug-likeness (QED) is 0.803. The van der Waals surface area contributed by atoms with Crippen molar-refractivity contribution in [2.24, 2.45) is 0 Å². The van der Waals surface area contributed by atoms with Crippen LogP contribution in [0.1, 0.15) is 34.2 Å². The lowest BCUT2D eigenvalue weighted by molar-refractivity contribution is -0.135. The average Bonchev–Trinajstić information content (AvgIpc) is 2.99. The van der Waals surface area contributed by atoms with Crippen molar-refractivity contribution in [3.63, 3.8) is 0 Å². The number of carbonyl (C=O) groups is 3. The summed E-state index contributed by atoms with van der Waals surface area (Å²) in [5.41, 5.74) is 1.35. The Morgan fingerprint density at radius 3 is 2.89 bits per heavy atom. The van der Waals surface area contributed by atoms with Crippen LogP contribution in [0.3, 0.4) is 0 Å². The third-order valence-corrected chi connectivity index (χ3v) is 5.20. The normalized spacial score (nSPS) is 18.6. The Hall–Kier alpha value is -3.23. The summed E-state index contributed by atoms with van der Waals surface area (Å²) in [7, 11) is 1.55. The smallest absolute Gasteiger partial charge is 0.271 e. The average molecular weight is 385 g/mol. The molecule has 146 valence electrons. The van der Waals surface area contributed by atoms with E-state index in [1.54, 1.807) is 24.2 Å². The van der Waals surface area contributed by atoms with Gasteiger partial charge in [0, 0.05) is 51.4 Å². The van der Waals surface area contributed by atoms with E-state index in [0.717, 1.165) is 5.82 Å². The molecule has 9 heteroatoms. The SMILES string of the molecule is CNC(=O)c1cn2c(n1)CCN(C(=O)C1CC(=O)Nc3cc(F)ccc31)CC2. The number of hydrogen-bond donors (Lipinski definition) is 2. The molecule has 0 radical (unpaired) electrons. The van der Waals surface area contributed by atoms with Crippen molar-refractivity contribution < 1.29 is 18.8 Å². The molecule has 4 rings (SSSR count). The van der Waals surface area contributed by atoms with Crippen molar-refractivity contribution >= 4 is 23.4 Å². The molecule has 2 aliphatic heterocycles. The van der Waals surface area contributed by atoms with Gasteiger partial charge in [0.15, 0.2) is 0 Å². The molecule has 3 heterocycles. The molecule has 3 amide bonds. The molecule has 28 heavy (non-hydrogen) atoms. The third-order valence-electron chi connectivity index (χ3n) is 5.20. The van der Waals surface area contributed by atoms with Crippen LogP contribution >= 0.6 is 0 Å². The highest BCUT2D eigenvalue weighted by Gasteiger charge is 2.34. The van der Waals surface area contributed by atoms with Crippen LogP contribution in [-0.2, 0) is 22.6 Å². The Balaban J connectivity index is 1.53. The van der Waals surface area contributed by atoms with Crippen molar-refractivity contribution in [3.8, 4) is 0 Å². The number of amides is 3. The zero-order chi connectivity index (χ0) is 19.8. The van der Waals surface area contributed by atoms with Gasteiger partial charge in [0.25, 0.3) is 5.91 Å². The molecule has 1 aromatic heterocycles. The number of imidazole rings is 1. The minimum absolute atomic E-state index is 0.0410. The maximum atomic E-state index is 13.5. The van der Waals surface area contributed by atoms with Crippen LogP contribution in [-0.4, -0.2) is 52.3 Å². The van der Waals surface area contributed by atoms with Gasteiger partial charge in [-0.15, -0.1) is 0 Å². The highest BCUT2D eigenvalue weighted by atomic mass is 19.1. The minimum Gasteiger partial charge on any atom is -0.354 e. The number of benzene rings is 1. The summed E-state index contributed by atoms with van der Waals surface area (Å²) in [5.74, 6) is -1.03. The van der Waals surface area contributed by atoms with Gasteiger partial charge in [0.1, 0.15) is 17.3 Å². The molecule has 2 aromatic rings. The first-order valence-corrected chi connectivity index (χ1v) is 9.12. The fourth-order valence-corrected chi connectivity index (χ4v) is 3.76. The Labute approximate surface area is 160 Å². The van der Waals surface area contributed by atoms with E-state index in [-0.39, 0.29) is 24.1 Å². The lowest BCUT2D eigenvalue weighted by atomic mass is 9.89. The topological polar surface area (TPSA) is 96.3 Å². The van der Waals surface area contributed by atoms with E-state index in [2.05, 4.69) is 15.6 Å². The van der Waals surface area contributed by atoms with Crippen molar-refractivity contribution in [2.75, 3.05) is 25.5 Å². The number of nitrogens with one attached hydrogen (secondary N) is 2. The zero-order valence-corrected chi connectivity index (χ0v) is 15.4. The fraction of sp³-hybridized carbons (Fsp3) is 0.368. The van der Waals surface area contributed by atoms with Gasteiger partial charge in [-0.3, -0.25) is 14.4 Å². The number of carbonyl (C=O) groups excluding carboxylic acids is 3. The second-order valence-electron chi connectivity index (χ2n) is 6.93. The van der Waals surface area contributed by atoms with Crippen LogP contribution in [0.4, 0.5) is 10.1 Å². The first-order valence-electron chi connectivity index (χ1n) is 9.12. The molecule has 1 unspecified atom stereocenters. The maximum absolute atomic E-state index is 13.5. The molecule has 2 aliphatic rings. The first kappa shape index (κ1) is 18.1. The lowest BCUT2D eigenvalue weighted by Crippen LogP contribution is -2.40. The van der Waals surface area contributed by atoms with Crippen molar-refractivity contribution in [1.82, 2.24) is 19.8 Å². The molecule has 2 N–H and O–H groups in total. The van der Waals surface area contributed by atoms with E-state index in [1.165, 1.54) is 12.1 Å². The second kappa shape index (κ2) is 7.06. The number of hydrogen-bond acceptors (Lipinski definition) is 4. The van der Waals surface area contributed by atoms with E-state index in [9.17, 15) is 18.8 Å². The van der Waals surface area contributed by atoms with E-state index >= 15 is 0 Å². The Morgan fingerprint density at radius 2 is 2.11 bits per heavy atom. The molecular weight excluding hydrogens is 365 g/mol. The fourth-order valence-electron chi connectivity index (χ4n) is 3.76. The van der Waals surface area contributed by atoms with Crippen LogP contribution in [0.15, 0.2) is 24.4 Å². The molecular formula is C19H20FN5O3. The summed E-state index contributed by atoms with van der Waals surface area (Å²) in [6.07, 6.45) is 2.24. The second-order valence-corrected chi connectivity index (χ2v) is 6.93. The van der Waals surface area contributed by atoms with Crippen molar-refractivity contribution in [1.29, 1.82) is 0 Å². The molecule has 0 saturated heterocycles. The lowest BCUT2D eigenvalue weighted by Gasteiger charge is -2.30. The number of nitrogens with zero attached hydrogens (tertiary/aromatic N) is 3. The minimum atomic E-state index is -0.629. The zero-order valence-electron chi connectivity index (χ0n) is 15.4. The van der Waals surface area contributed by atoms with Crippen molar-refractivity contribution in [3.05, 3.63) is 47.3 Å². The standard InChI is InChI=1S/C19H20FN5O3/c1-21-18(27)15-10-25-7-6-24(5-4-16(25)22-15)19(28)13-9-17(26)23-14-8-11(20)2-3-12(13)14/h2-3,8,10,13H,4-7,9H2,1H3,(H,21,27)(H,23,26). The Bertz CT molecular complexity index is 945. The number of aromatic nitrogens is 2.